The Hall–Kier alpha value is -3.70. The van der Waals surface area contributed by atoms with Crippen LogP contribution in [0.4, 0.5) is 11.4 Å². The van der Waals surface area contributed by atoms with E-state index in [-0.39, 0.29) is 10.6 Å². The molecule has 0 amide bonds. The monoisotopic (exact) mass is 389 g/mol. The van der Waals surface area contributed by atoms with Crippen LogP contribution in [-0.4, -0.2) is 40.8 Å². The average molecular weight is 389 g/mol. The van der Waals surface area contributed by atoms with Crippen molar-refractivity contribution >= 4 is 28.5 Å². The third-order valence-electron chi connectivity index (χ3n) is 4.90. The molecule has 0 bridgehead atoms. The zero-order chi connectivity index (χ0) is 20.2. The number of nitro groups is 1. The lowest BCUT2D eigenvalue weighted by Gasteiger charge is -2.28. The van der Waals surface area contributed by atoms with Gasteiger partial charge >= 0.3 is 0 Å². The standard InChI is InChI=1S/C21H19N5O3/c22-13-17(14-25-15-23-18-3-1-2-4-19(18)25)11-16-5-6-20(21(12-16)26(27)28)24-7-9-29-10-8-24/h1-6,11-12,15H,7-10,14H2/b17-11-. The maximum atomic E-state index is 11.6. The number of morpholine rings is 1. The molecule has 8 nitrogen and oxygen atoms in total. The van der Waals surface area contributed by atoms with E-state index in [1.54, 1.807) is 24.5 Å². The van der Waals surface area contributed by atoms with E-state index in [2.05, 4.69) is 11.1 Å². The Morgan fingerprint density at radius 1 is 1.28 bits per heavy atom. The molecule has 146 valence electrons. The van der Waals surface area contributed by atoms with Gasteiger partial charge in [0.15, 0.2) is 0 Å². The van der Waals surface area contributed by atoms with Gasteiger partial charge in [0.05, 0.1) is 48.1 Å². The van der Waals surface area contributed by atoms with Gasteiger partial charge in [0.1, 0.15) is 5.69 Å². The number of fused-ring (bicyclic) bond motifs is 1. The van der Waals surface area contributed by atoms with Gasteiger partial charge in [-0.05, 0) is 29.8 Å². The average Bonchev–Trinajstić information content (AvgIpc) is 3.16. The van der Waals surface area contributed by atoms with Crippen LogP contribution in [0.5, 0.6) is 0 Å². The van der Waals surface area contributed by atoms with Crippen LogP contribution in [0.25, 0.3) is 17.1 Å². The fourth-order valence-corrected chi connectivity index (χ4v) is 3.48. The first-order chi connectivity index (χ1) is 14.2. The summed E-state index contributed by atoms with van der Waals surface area (Å²) in [6.45, 7) is 2.68. The normalized spacial score (nSPS) is 14.7. The van der Waals surface area contributed by atoms with Crippen LogP contribution in [-0.2, 0) is 11.3 Å². The van der Waals surface area contributed by atoms with Crippen molar-refractivity contribution in [1.29, 1.82) is 5.26 Å². The van der Waals surface area contributed by atoms with Crippen molar-refractivity contribution in [3.05, 3.63) is 70.0 Å². The number of aromatic nitrogens is 2. The molecule has 0 radical (unpaired) electrons. The highest BCUT2D eigenvalue weighted by molar-refractivity contribution is 5.75. The van der Waals surface area contributed by atoms with Gasteiger partial charge in [-0.15, -0.1) is 0 Å². The minimum Gasteiger partial charge on any atom is -0.378 e. The molecule has 0 aliphatic carbocycles. The number of nitro benzene ring substituents is 1. The van der Waals surface area contributed by atoms with E-state index in [0.717, 1.165) is 11.0 Å². The number of nitrogens with zero attached hydrogens (tertiary/aromatic N) is 5. The summed E-state index contributed by atoms with van der Waals surface area (Å²) in [6.07, 6.45) is 3.38. The molecule has 1 aliphatic rings. The molecule has 1 fully saturated rings. The first-order valence-electron chi connectivity index (χ1n) is 9.27. The second-order valence-electron chi connectivity index (χ2n) is 6.75. The summed E-state index contributed by atoms with van der Waals surface area (Å²) in [4.78, 5) is 17.5. The maximum absolute atomic E-state index is 11.6. The summed E-state index contributed by atoms with van der Waals surface area (Å²) >= 11 is 0. The molecule has 1 saturated heterocycles. The van der Waals surface area contributed by atoms with E-state index < -0.39 is 0 Å². The smallest absolute Gasteiger partial charge is 0.293 e. The fourth-order valence-electron chi connectivity index (χ4n) is 3.48. The van der Waals surface area contributed by atoms with Crippen LogP contribution in [0.15, 0.2) is 54.4 Å². The maximum Gasteiger partial charge on any atom is 0.293 e. The Labute approximate surface area is 167 Å². The SMILES string of the molecule is N#C/C(=C/c1ccc(N2CCOCC2)c([N+](=O)[O-])c1)Cn1cnc2ccccc21. The number of imidazole rings is 1. The molecule has 4 rings (SSSR count). The van der Waals surface area contributed by atoms with Crippen molar-refractivity contribution < 1.29 is 9.66 Å². The van der Waals surface area contributed by atoms with E-state index in [1.165, 1.54) is 6.07 Å². The van der Waals surface area contributed by atoms with Crippen molar-refractivity contribution in [3.8, 4) is 6.07 Å². The minimum atomic E-state index is -0.377. The molecule has 0 saturated carbocycles. The van der Waals surface area contributed by atoms with Gasteiger partial charge in [-0.3, -0.25) is 10.1 Å². The number of nitriles is 1. The molecule has 8 heteroatoms. The van der Waals surface area contributed by atoms with Crippen LogP contribution in [0, 0.1) is 21.4 Å². The minimum absolute atomic E-state index is 0.0334. The Balaban J connectivity index is 1.64. The number of anilines is 1. The molecule has 29 heavy (non-hydrogen) atoms. The van der Waals surface area contributed by atoms with Crippen molar-refractivity contribution in [2.45, 2.75) is 6.54 Å². The van der Waals surface area contributed by atoms with Crippen molar-refractivity contribution in [2.75, 3.05) is 31.2 Å². The number of allylic oxidation sites excluding steroid dienone is 1. The van der Waals surface area contributed by atoms with E-state index in [1.807, 2.05) is 33.7 Å². The lowest BCUT2D eigenvalue weighted by Crippen LogP contribution is -2.36. The van der Waals surface area contributed by atoms with Crippen molar-refractivity contribution in [1.82, 2.24) is 9.55 Å². The summed E-state index contributed by atoms with van der Waals surface area (Å²) in [5.41, 5.74) is 3.51. The van der Waals surface area contributed by atoms with Gasteiger partial charge in [-0.25, -0.2) is 4.98 Å². The van der Waals surface area contributed by atoms with E-state index in [0.29, 0.717) is 49.7 Å². The van der Waals surface area contributed by atoms with Crippen molar-refractivity contribution in [2.24, 2.45) is 0 Å². The van der Waals surface area contributed by atoms with Crippen LogP contribution in [0.3, 0.4) is 0 Å². The third-order valence-corrected chi connectivity index (χ3v) is 4.90. The largest absolute Gasteiger partial charge is 0.378 e. The van der Waals surface area contributed by atoms with Crippen LogP contribution in [0.1, 0.15) is 5.56 Å². The lowest BCUT2D eigenvalue weighted by atomic mass is 10.1. The third kappa shape index (κ3) is 3.95. The van der Waals surface area contributed by atoms with E-state index in [9.17, 15) is 15.4 Å². The quantitative estimate of drug-likeness (QED) is 0.377. The van der Waals surface area contributed by atoms with Gasteiger partial charge in [0, 0.05) is 24.7 Å². The van der Waals surface area contributed by atoms with Crippen LogP contribution < -0.4 is 4.90 Å². The van der Waals surface area contributed by atoms with E-state index >= 15 is 0 Å². The zero-order valence-corrected chi connectivity index (χ0v) is 15.7. The number of para-hydroxylation sites is 2. The van der Waals surface area contributed by atoms with Gasteiger partial charge < -0.3 is 14.2 Å². The van der Waals surface area contributed by atoms with Crippen LogP contribution >= 0.6 is 0 Å². The highest BCUT2D eigenvalue weighted by Gasteiger charge is 2.21. The molecule has 0 unspecified atom stereocenters. The lowest BCUT2D eigenvalue weighted by molar-refractivity contribution is -0.384. The zero-order valence-electron chi connectivity index (χ0n) is 15.7. The summed E-state index contributed by atoms with van der Waals surface area (Å²) in [6, 6.07) is 15.0. The van der Waals surface area contributed by atoms with Crippen molar-refractivity contribution in [3.63, 3.8) is 0 Å². The molecule has 0 spiro atoms. The first kappa shape index (κ1) is 18.7. The molecule has 1 aliphatic heterocycles. The highest BCUT2D eigenvalue weighted by atomic mass is 16.6. The van der Waals surface area contributed by atoms with Gasteiger partial charge in [-0.1, -0.05) is 18.2 Å². The molecule has 2 aromatic carbocycles. The first-order valence-corrected chi connectivity index (χ1v) is 9.27. The molecular formula is C21H19N5O3. The molecule has 1 aromatic heterocycles. The summed E-state index contributed by atoms with van der Waals surface area (Å²) in [5.74, 6) is 0. The van der Waals surface area contributed by atoms with Gasteiger partial charge in [-0.2, -0.15) is 5.26 Å². The predicted molar refractivity (Wildman–Crippen MR) is 109 cm³/mol. The highest BCUT2D eigenvalue weighted by Crippen LogP contribution is 2.30. The fraction of sp³-hybridized carbons (Fsp3) is 0.238. The number of hydrogen-bond acceptors (Lipinski definition) is 6. The second kappa shape index (κ2) is 8.12. The summed E-state index contributed by atoms with van der Waals surface area (Å²) in [5, 5.41) is 21.2. The predicted octanol–water partition coefficient (Wildman–Crippen LogP) is 3.39. The van der Waals surface area contributed by atoms with E-state index in [4.69, 9.17) is 4.74 Å². The van der Waals surface area contributed by atoms with Gasteiger partial charge in [0.25, 0.3) is 5.69 Å². The molecule has 0 N–H and O–H groups in total. The number of hydrogen-bond donors (Lipinski definition) is 0. The number of rotatable bonds is 5. The Kier molecular flexibility index (Phi) is 5.22. The van der Waals surface area contributed by atoms with Crippen LogP contribution in [0.2, 0.25) is 0 Å². The van der Waals surface area contributed by atoms with Gasteiger partial charge in [0.2, 0.25) is 0 Å². The molecule has 0 atom stereocenters. The summed E-state index contributed by atoms with van der Waals surface area (Å²) in [7, 11) is 0. The Morgan fingerprint density at radius 3 is 2.83 bits per heavy atom. The Morgan fingerprint density at radius 2 is 2.07 bits per heavy atom. The summed E-state index contributed by atoms with van der Waals surface area (Å²) < 4.78 is 7.22. The molecule has 2 heterocycles. The molecular weight excluding hydrogens is 370 g/mol. The second-order valence-corrected chi connectivity index (χ2v) is 6.75. The number of ether oxygens (including phenoxy) is 1. The Bertz CT molecular complexity index is 1120. The topological polar surface area (TPSA) is 97.2 Å². The number of benzene rings is 2. The molecule has 3 aromatic rings.